The van der Waals surface area contributed by atoms with Gasteiger partial charge in [0, 0.05) is 48.5 Å². The van der Waals surface area contributed by atoms with E-state index in [2.05, 4.69) is 21.9 Å². The molecule has 0 aromatic heterocycles. The summed E-state index contributed by atoms with van der Waals surface area (Å²) in [6.45, 7) is 5.76. The van der Waals surface area contributed by atoms with Crippen molar-refractivity contribution in [2.24, 2.45) is 0 Å². The van der Waals surface area contributed by atoms with Crippen molar-refractivity contribution in [3.05, 3.63) is 92.7 Å². The molecule has 0 amide bonds. The van der Waals surface area contributed by atoms with Gasteiger partial charge >= 0.3 is 0 Å². The number of ketones is 1. The quantitative estimate of drug-likeness (QED) is 0.454. The summed E-state index contributed by atoms with van der Waals surface area (Å²) < 4.78 is 6.06. The molecule has 0 radical (unpaired) electrons. The molecule has 2 aliphatic heterocycles. The van der Waals surface area contributed by atoms with E-state index < -0.39 is 0 Å². The Labute approximate surface area is 208 Å². The van der Waals surface area contributed by atoms with Crippen LogP contribution in [0, 0.1) is 6.92 Å². The summed E-state index contributed by atoms with van der Waals surface area (Å²) in [5.41, 5.74) is 3.66. The Morgan fingerprint density at radius 1 is 1.03 bits per heavy atom. The molecular weight excluding hydrogens is 471 g/mol. The van der Waals surface area contributed by atoms with Gasteiger partial charge in [0.25, 0.3) is 0 Å². The number of hydrogen-bond acceptors (Lipinski definition) is 5. The van der Waals surface area contributed by atoms with Crippen LogP contribution in [0.3, 0.4) is 0 Å². The van der Waals surface area contributed by atoms with Crippen LogP contribution in [0.5, 0.6) is 11.5 Å². The monoisotopic (exact) mass is 494 g/mol. The van der Waals surface area contributed by atoms with Crippen LogP contribution in [0.2, 0.25) is 10.0 Å². The zero-order chi connectivity index (χ0) is 23.8. The third-order valence-corrected chi connectivity index (χ3v) is 6.91. The highest BCUT2D eigenvalue weighted by atomic mass is 35.5. The largest absolute Gasteiger partial charge is 0.507 e. The van der Waals surface area contributed by atoms with Crippen molar-refractivity contribution in [2.75, 3.05) is 31.1 Å². The van der Waals surface area contributed by atoms with Crippen molar-refractivity contribution in [1.29, 1.82) is 0 Å². The van der Waals surface area contributed by atoms with Crippen molar-refractivity contribution >= 4 is 40.7 Å². The number of ether oxygens (including phenoxy) is 1. The molecule has 0 saturated carbocycles. The molecule has 2 aliphatic rings. The van der Waals surface area contributed by atoms with Gasteiger partial charge in [0.1, 0.15) is 11.5 Å². The average molecular weight is 495 g/mol. The molecule has 7 heteroatoms. The van der Waals surface area contributed by atoms with Gasteiger partial charge in [-0.15, -0.1) is 0 Å². The Morgan fingerprint density at radius 2 is 1.76 bits per heavy atom. The lowest BCUT2D eigenvalue weighted by molar-refractivity contribution is 0.101. The van der Waals surface area contributed by atoms with Crippen LogP contribution in [0.25, 0.3) is 6.08 Å². The summed E-state index contributed by atoms with van der Waals surface area (Å²) in [4.78, 5) is 17.8. The number of phenolic OH excluding ortho intramolecular Hbond substituents is 1. The topological polar surface area (TPSA) is 53.0 Å². The van der Waals surface area contributed by atoms with Crippen molar-refractivity contribution < 1.29 is 14.6 Å². The molecule has 1 saturated heterocycles. The highest BCUT2D eigenvalue weighted by Gasteiger charge is 2.34. The van der Waals surface area contributed by atoms with Gasteiger partial charge in [-0.25, -0.2) is 0 Å². The van der Waals surface area contributed by atoms with E-state index in [4.69, 9.17) is 27.9 Å². The number of fused-ring (bicyclic) bond motifs is 1. The van der Waals surface area contributed by atoms with Gasteiger partial charge < -0.3 is 14.7 Å². The summed E-state index contributed by atoms with van der Waals surface area (Å²) in [7, 11) is 0. The van der Waals surface area contributed by atoms with Gasteiger partial charge in [-0.3, -0.25) is 9.69 Å². The number of para-hydroxylation sites is 1. The highest BCUT2D eigenvalue weighted by molar-refractivity contribution is 6.35. The molecule has 174 valence electrons. The molecular formula is C27H24Cl2N2O3. The third kappa shape index (κ3) is 4.39. The number of piperazine rings is 1. The van der Waals surface area contributed by atoms with E-state index >= 15 is 0 Å². The molecule has 5 rings (SSSR count). The normalized spacial score (nSPS) is 17.2. The highest BCUT2D eigenvalue weighted by Crippen LogP contribution is 2.42. The summed E-state index contributed by atoms with van der Waals surface area (Å²) in [6.07, 6.45) is 1.62. The predicted octanol–water partition coefficient (Wildman–Crippen LogP) is 5.95. The number of aryl methyl sites for hydroxylation is 1. The Bertz CT molecular complexity index is 1280. The zero-order valence-electron chi connectivity index (χ0n) is 18.7. The summed E-state index contributed by atoms with van der Waals surface area (Å²) >= 11 is 12.3. The van der Waals surface area contributed by atoms with Crippen molar-refractivity contribution in [2.45, 2.75) is 13.5 Å². The molecule has 1 N–H and O–H groups in total. The Kier molecular flexibility index (Phi) is 6.26. The number of anilines is 1. The van der Waals surface area contributed by atoms with Gasteiger partial charge in [-0.2, -0.15) is 0 Å². The maximum atomic E-state index is 13.2. The number of halogens is 2. The minimum absolute atomic E-state index is 0.139. The second-order valence-corrected chi connectivity index (χ2v) is 9.44. The number of benzene rings is 3. The SMILES string of the molecule is Cc1cc(O)c(CN2CCN(c3ccccc3)CC2)c2c1C(=O)/C(=C/c1ccc(Cl)cc1Cl)O2. The lowest BCUT2D eigenvalue weighted by Gasteiger charge is -2.36. The van der Waals surface area contributed by atoms with Crippen molar-refractivity contribution in [3.63, 3.8) is 0 Å². The lowest BCUT2D eigenvalue weighted by atomic mass is 9.99. The number of nitrogens with zero attached hydrogens (tertiary/aromatic N) is 2. The Balaban J connectivity index is 1.38. The van der Waals surface area contributed by atoms with Crippen LogP contribution in [0.4, 0.5) is 5.69 Å². The number of carbonyl (C=O) groups excluding carboxylic acids is 1. The van der Waals surface area contributed by atoms with E-state index in [0.29, 0.717) is 44.6 Å². The van der Waals surface area contributed by atoms with E-state index in [1.54, 1.807) is 37.3 Å². The summed E-state index contributed by atoms with van der Waals surface area (Å²) in [5, 5.41) is 11.7. The molecule has 3 aromatic rings. The second-order valence-electron chi connectivity index (χ2n) is 8.60. The second kappa shape index (κ2) is 9.34. The predicted molar refractivity (Wildman–Crippen MR) is 136 cm³/mol. The van der Waals surface area contributed by atoms with Crippen LogP contribution in [0.1, 0.15) is 27.0 Å². The van der Waals surface area contributed by atoms with E-state index in [1.807, 2.05) is 18.2 Å². The first-order valence-electron chi connectivity index (χ1n) is 11.2. The molecule has 0 aliphatic carbocycles. The number of phenols is 1. The molecule has 1 fully saturated rings. The van der Waals surface area contributed by atoms with Gasteiger partial charge in [0.05, 0.1) is 11.1 Å². The zero-order valence-corrected chi connectivity index (χ0v) is 20.2. The van der Waals surface area contributed by atoms with Gasteiger partial charge in [0.15, 0.2) is 5.76 Å². The van der Waals surface area contributed by atoms with E-state index in [9.17, 15) is 9.90 Å². The van der Waals surface area contributed by atoms with Crippen LogP contribution in [0.15, 0.2) is 60.4 Å². The van der Waals surface area contributed by atoms with Crippen molar-refractivity contribution in [3.8, 4) is 11.5 Å². The fourth-order valence-electron chi connectivity index (χ4n) is 4.52. The lowest BCUT2D eigenvalue weighted by Crippen LogP contribution is -2.46. The summed E-state index contributed by atoms with van der Waals surface area (Å²) in [5.74, 6) is 0.543. The molecule has 0 unspecified atom stereocenters. The fourth-order valence-corrected chi connectivity index (χ4v) is 4.98. The number of hydrogen-bond donors (Lipinski definition) is 1. The van der Waals surface area contributed by atoms with E-state index in [1.165, 1.54) is 5.69 Å². The number of Topliss-reactive ketones (excluding diaryl/α,β-unsaturated/α-hetero) is 1. The van der Waals surface area contributed by atoms with Crippen molar-refractivity contribution in [1.82, 2.24) is 4.90 Å². The Morgan fingerprint density at radius 3 is 2.47 bits per heavy atom. The maximum absolute atomic E-state index is 13.2. The molecule has 2 heterocycles. The minimum atomic E-state index is -0.214. The number of carbonyl (C=O) groups is 1. The van der Waals surface area contributed by atoms with Crippen LogP contribution >= 0.6 is 23.2 Å². The van der Waals surface area contributed by atoms with Gasteiger partial charge in [-0.05, 0) is 54.5 Å². The molecule has 0 spiro atoms. The number of rotatable bonds is 4. The van der Waals surface area contributed by atoms with Gasteiger partial charge in [0.2, 0.25) is 5.78 Å². The summed E-state index contributed by atoms with van der Waals surface area (Å²) in [6, 6.07) is 17.1. The van der Waals surface area contributed by atoms with Crippen LogP contribution < -0.4 is 9.64 Å². The van der Waals surface area contributed by atoms with Gasteiger partial charge in [-0.1, -0.05) is 47.5 Å². The molecule has 0 atom stereocenters. The molecule has 34 heavy (non-hydrogen) atoms. The minimum Gasteiger partial charge on any atom is -0.507 e. The van der Waals surface area contributed by atoms with E-state index in [-0.39, 0.29) is 17.3 Å². The first kappa shape index (κ1) is 22.8. The molecule has 5 nitrogen and oxygen atoms in total. The fraction of sp³-hybridized carbons (Fsp3) is 0.222. The average Bonchev–Trinajstić information content (AvgIpc) is 3.15. The molecule has 3 aromatic carbocycles. The third-order valence-electron chi connectivity index (χ3n) is 6.35. The van der Waals surface area contributed by atoms with Crippen LogP contribution in [-0.4, -0.2) is 42.0 Å². The number of aromatic hydroxyl groups is 1. The first-order valence-corrected chi connectivity index (χ1v) is 11.9. The maximum Gasteiger partial charge on any atom is 0.232 e. The van der Waals surface area contributed by atoms with Crippen LogP contribution in [-0.2, 0) is 6.54 Å². The standard InChI is InChI=1S/C27H24Cl2N2O3/c1-17-13-23(32)21(16-30-9-11-31(12-10-30)20-5-3-2-4-6-20)27-25(17)26(33)24(34-27)14-18-7-8-19(28)15-22(18)29/h2-8,13-15,32H,9-12,16H2,1H3/b24-14-. The molecule has 0 bridgehead atoms. The first-order chi connectivity index (χ1) is 16.4. The smallest absolute Gasteiger partial charge is 0.232 e. The van der Waals surface area contributed by atoms with E-state index in [0.717, 1.165) is 26.2 Å². The Hall–Kier alpha value is -2.99. The number of allylic oxidation sites excluding steroid dienone is 1.